The summed E-state index contributed by atoms with van der Waals surface area (Å²) in [6, 6.07) is 12.9. The standard InChI is InChI=1S/C15H17N3O/c1-10-3-8-14(11(2)9-10)17-15(19)12-4-6-13(18-16)7-5-12/h3-9,18H,16H2,1-2H3,(H,17,19). The molecule has 0 saturated carbocycles. The van der Waals surface area contributed by atoms with Crippen molar-refractivity contribution >= 4 is 17.3 Å². The average Bonchev–Trinajstić information content (AvgIpc) is 2.42. The molecule has 0 atom stereocenters. The fraction of sp³-hybridized carbons (Fsp3) is 0.133. The van der Waals surface area contributed by atoms with Crippen molar-refractivity contribution in [1.29, 1.82) is 0 Å². The van der Waals surface area contributed by atoms with E-state index in [1.807, 2.05) is 32.0 Å². The Morgan fingerprint density at radius 2 is 1.74 bits per heavy atom. The molecular formula is C15H17N3O. The molecular weight excluding hydrogens is 238 g/mol. The van der Waals surface area contributed by atoms with E-state index in [0.717, 1.165) is 16.9 Å². The number of nitrogens with two attached hydrogens (primary N) is 1. The number of anilines is 2. The van der Waals surface area contributed by atoms with E-state index in [1.165, 1.54) is 5.56 Å². The van der Waals surface area contributed by atoms with Crippen molar-refractivity contribution in [2.45, 2.75) is 13.8 Å². The molecule has 2 rings (SSSR count). The van der Waals surface area contributed by atoms with Crippen LogP contribution in [0.25, 0.3) is 0 Å². The lowest BCUT2D eigenvalue weighted by molar-refractivity contribution is 0.102. The minimum Gasteiger partial charge on any atom is -0.324 e. The lowest BCUT2D eigenvalue weighted by Gasteiger charge is -2.09. The first-order valence-corrected chi connectivity index (χ1v) is 6.05. The third-order valence-electron chi connectivity index (χ3n) is 2.94. The maximum atomic E-state index is 12.1. The van der Waals surface area contributed by atoms with Crippen molar-refractivity contribution < 1.29 is 4.79 Å². The second-order valence-corrected chi connectivity index (χ2v) is 4.49. The van der Waals surface area contributed by atoms with Crippen molar-refractivity contribution in [2.24, 2.45) is 5.84 Å². The average molecular weight is 255 g/mol. The van der Waals surface area contributed by atoms with Gasteiger partial charge in [0.05, 0.1) is 0 Å². The highest BCUT2D eigenvalue weighted by molar-refractivity contribution is 6.04. The molecule has 0 aliphatic carbocycles. The summed E-state index contributed by atoms with van der Waals surface area (Å²) in [5.74, 6) is 5.15. The van der Waals surface area contributed by atoms with Crippen molar-refractivity contribution in [1.82, 2.24) is 0 Å². The van der Waals surface area contributed by atoms with Crippen LogP contribution in [0.1, 0.15) is 21.5 Å². The molecule has 2 aromatic carbocycles. The number of aryl methyl sites for hydroxylation is 2. The minimum absolute atomic E-state index is 0.129. The second-order valence-electron chi connectivity index (χ2n) is 4.49. The van der Waals surface area contributed by atoms with Gasteiger partial charge in [0.15, 0.2) is 0 Å². The number of benzene rings is 2. The zero-order chi connectivity index (χ0) is 13.8. The normalized spacial score (nSPS) is 10.1. The Morgan fingerprint density at radius 1 is 1.05 bits per heavy atom. The predicted octanol–water partition coefficient (Wildman–Crippen LogP) is 2.84. The van der Waals surface area contributed by atoms with E-state index >= 15 is 0 Å². The van der Waals surface area contributed by atoms with Crippen LogP contribution in [0.4, 0.5) is 11.4 Å². The molecule has 4 nitrogen and oxygen atoms in total. The van der Waals surface area contributed by atoms with E-state index in [4.69, 9.17) is 5.84 Å². The smallest absolute Gasteiger partial charge is 0.255 e. The summed E-state index contributed by atoms with van der Waals surface area (Å²) in [6.07, 6.45) is 0. The number of rotatable bonds is 3. The van der Waals surface area contributed by atoms with Gasteiger partial charge in [0, 0.05) is 16.9 Å². The molecule has 4 N–H and O–H groups in total. The van der Waals surface area contributed by atoms with Crippen molar-refractivity contribution in [3.05, 3.63) is 59.2 Å². The predicted molar refractivity (Wildman–Crippen MR) is 78.1 cm³/mol. The SMILES string of the molecule is Cc1ccc(NC(=O)c2ccc(NN)cc2)c(C)c1. The third-order valence-corrected chi connectivity index (χ3v) is 2.94. The van der Waals surface area contributed by atoms with E-state index in [0.29, 0.717) is 5.56 Å². The fourth-order valence-corrected chi connectivity index (χ4v) is 1.87. The Bertz CT molecular complexity index is 591. The van der Waals surface area contributed by atoms with E-state index in [2.05, 4.69) is 10.7 Å². The van der Waals surface area contributed by atoms with Gasteiger partial charge in [-0.25, -0.2) is 0 Å². The Kier molecular flexibility index (Phi) is 3.82. The number of nitrogen functional groups attached to an aromatic ring is 1. The van der Waals surface area contributed by atoms with Crippen molar-refractivity contribution in [3.63, 3.8) is 0 Å². The molecule has 19 heavy (non-hydrogen) atoms. The third kappa shape index (κ3) is 3.11. The first-order valence-electron chi connectivity index (χ1n) is 6.05. The van der Waals surface area contributed by atoms with Gasteiger partial charge in [0.2, 0.25) is 0 Å². The molecule has 0 radical (unpaired) electrons. The number of nitrogens with one attached hydrogen (secondary N) is 2. The maximum Gasteiger partial charge on any atom is 0.255 e. The molecule has 0 aliphatic rings. The van der Waals surface area contributed by atoms with Gasteiger partial charge in [-0.2, -0.15) is 0 Å². The van der Waals surface area contributed by atoms with Crippen LogP contribution in [0.5, 0.6) is 0 Å². The van der Waals surface area contributed by atoms with E-state index in [-0.39, 0.29) is 5.91 Å². The number of carbonyl (C=O) groups excluding carboxylic acids is 1. The van der Waals surface area contributed by atoms with Gasteiger partial charge in [-0.3, -0.25) is 10.6 Å². The quantitative estimate of drug-likeness (QED) is 0.583. The first-order chi connectivity index (χ1) is 9.10. The van der Waals surface area contributed by atoms with Gasteiger partial charge in [-0.15, -0.1) is 0 Å². The number of hydrogen-bond donors (Lipinski definition) is 3. The number of hydrogen-bond acceptors (Lipinski definition) is 3. The van der Waals surface area contributed by atoms with Gasteiger partial charge in [-0.05, 0) is 49.7 Å². The maximum absolute atomic E-state index is 12.1. The molecule has 98 valence electrons. The van der Waals surface area contributed by atoms with Gasteiger partial charge in [-0.1, -0.05) is 17.7 Å². The zero-order valence-corrected chi connectivity index (χ0v) is 11.0. The summed E-state index contributed by atoms with van der Waals surface area (Å²) in [7, 11) is 0. The van der Waals surface area contributed by atoms with E-state index in [1.54, 1.807) is 24.3 Å². The van der Waals surface area contributed by atoms with Gasteiger partial charge >= 0.3 is 0 Å². The zero-order valence-electron chi connectivity index (χ0n) is 11.0. The van der Waals surface area contributed by atoms with Gasteiger partial charge in [0.25, 0.3) is 5.91 Å². The van der Waals surface area contributed by atoms with Crippen LogP contribution in [0.2, 0.25) is 0 Å². The molecule has 0 fully saturated rings. The molecule has 0 aliphatic heterocycles. The number of carbonyl (C=O) groups is 1. The molecule has 0 spiro atoms. The summed E-state index contributed by atoms with van der Waals surface area (Å²) in [5, 5.41) is 2.90. The van der Waals surface area contributed by atoms with Crippen molar-refractivity contribution in [3.8, 4) is 0 Å². The highest BCUT2D eigenvalue weighted by Gasteiger charge is 2.07. The van der Waals surface area contributed by atoms with Crippen LogP contribution < -0.4 is 16.6 Å². The Balaban J connectivity index is 2.15. The molecule has 0 unspecified atom stereocenters. The molecule has 2 aromatic rings. The lowest BCUT2D eigenvalue weighted by Crippen LogP contribution is -2.13. The van der Waals surface area contributed by atoms with Crippen LogP contribution in [0, 0.1) is 13.8 Å². The number of hydrazine groups is 1. The van der Waals surface area contributed by atoms with Crippen LogP contribution in [-0.4, -0.2) is 5.91 Å². The van der Waals surface area contributed by atoms with Crippen molar-refractivity contribution in [2.75, 3.05) is 10.7 Å². The highest BCUT2D eigenvalue weighted by atomic mass is 16.1. The van der Waals surface area contributed by atoms with Gasteiger partial charge in [0.1, 0.15) is 0 Å². The van der Waals surface area contributed by atoms with Crippen LogP contribution >= 0.6 is 0 Å². The van der Waals surface area contributed by atoms with Crippen LogP contribution in [0.3, 0.4) is 0 Å². The summed E-state index contributed by atoms with van der Waals surface area (Å²) < 4.78 is 0. The number of amides is 1. The summed E-state index contributed by atoms with van der Waals surface area (Å²) in [5.41, 5.74) is 6.94. The Hall–Kier alpha value is -2.33. The molecule has 0 saturated heterocycles. The van der Waals surface area contributed by atoms with Crippen LogP contribution in [0.15, 0.2) is 42.5 Å². The summed E-state index contributed by atoms with van der Waals surface area (Å²) in [4.78, 5) is 12.1. The van der Waals surface area contributed by atoms with Gasteiger partial charge < -0.3 is 10.7 Å². The van der Waals surface area contributed by atoms with E-state index in [9.17, 15) is 4.79 Å². The molecule has 4 heteroatoms. The van der Waals surface area contributed by atoms with Crippen LogP contribution in [-0.2, 0) is 0 Å². The first kappa shape index (κ1) is 13.1. The van der Waals surface area contributed by atoms with E-state index < -0.39 is 0 Å². The molecule has 0 bridgehead atoms. The second kappa shape index (κ2) is 5.54. The highest BCUT2D eigenvalue weighted by Crippen LogP contribution is 2.17. The lowest BCUT2D eigenvalue weighted by atomic mass is 10.1. The Morgan fingerprint density at radius 3 is 2.32 bits per heavy atom. The topological polar surface area (TPSA) is 67.2 Å². The summed E-state index contributed by atoms with van der Waals surface area (Å²) in [6.45, 7) is 4.00. The molecule has 1 amide bonds. The monoisotopic (exact) mass is 255 g/mol. The molecule has 0 aromatic heterocycles. The minimum atomic E-state index is -0.129. The fourth-order valence-electron chi connectivity index (χ4n) is 1.87. The summed E-state index contributed by atoms with van der Waals surface area (Å²) >= 11 is 0. The Labute approximate surface area is 112 Å². The largest absolute Gasteiger partial charge is 0.324 e. The molecule has 0 heterocycles.